The van der Waals surface area contributed by atoms with Crippen LogP contribution < -0.4 is 4.18 Å². The fourth-order valence-electron chi connectivity index (χ4n) is 0.567. The van der Waals surface area contributed by atoms with Gasteiger partial charge in [0, 0.05) is 6.07 Å². The van der Waals surface area contributed by atoms with Gasteiger partial charge in [0.2, 0.25) is 0 Å². The van der Waals surface area contributed by atoms with Crippen molar-refractivity contribution in [3.63, 3.8) is 0 Å². The first kappa shape index (κ1) is 11.1. The summed E-state index contributed by atoms with van der Waals surface area (Å²) < 4.78 is 26.6. The minimum atomic E-state index is -0.469. The molecular formula is C6H6FNaO2S. The molecule has 0 aliphatic carbocycles. The van der Waals surface area contributed by atoms with Crippen LogP contribution in [-0.2, 0) is 11.9 Å². The molecule has 0 N–H and O–H groups in total. The zero-order chi connectivity index (χ0) is 7.40. The van der Waals surface area contributed by atoms with Crippen LogP contribution in [0.25, 0.3) is 0 Å². The number of hydrogen-bond donors (Lipinski definition) is 1. The van der Waals surface area contributed by atoms with Gasteiger partial charge in [-0.1, -0.05) is 6.07 Å². The van der Waals surface area contributed by atoms with Crippen LogP contribution in [0, 0.1) is 5.82 Å². The first-order valence-electron chi connectivity index (χ1n) is 2.58. The molecule has 0 fully saturated rings. The van der Waals surface area contributed by atoms with E-state index in [1.807, 2.05) is 0 Å². The Kier molecular flexibility index (Phi) is 5.76. The van der Waals surface area contributed by atoms with E-state index in [0.717, 1.165) is 6.07 Å². The Morgan fingerprint density at radius 3 is 2.73 bits per heavy atom. The SMILES string of the molecule is O=[SH]Oc1cccc(F)c1.[NaH]. The van der Waals surface area contributed by atoms with E-state index in [9.17, 15) is 8.60 Å². The number of thiol groups is 1. The van der Waals surface area contributed by atoms with E-state index in [1.165, 1.54) is 18.2 Å². The Morgan fingerprint density at radius 2 is 2.18 bits per heavy atom. The Bertz CT molecular complexity index is 244. The quantitative estimate of drug-likeness (QED) is 0.532. The Balaban J connectivity index is 0.000001000. The van der Waals surface area contributed by atoms with E-state index in [2.05, 4.69) is 4.18 Å². The van der Waals surface area contributed by atoms with Crippen LogP contribution >= 0.6 is 0 Å². The predicted molar refractivity (Wildman–Crippen MR) is 43.7 cm³/mol. The molecule has 0 aromatic heterocycles. The van der Waals surface area contributed by atoms with Crippen molar-refractivity contribution >= 4 is 41.5 Å². The number of hydrogen-bond acceptors (Lipinski definition) is 2. The van der Waals surface area contributed by atoms with Crippen LogP contribution in [0.2, 0.25) is 0 Å². The fraction of sp³-hybridized carbons (Fsp3) is 0. The van der Waals surface area contributed by atoms with Gasteiger partial charge in [-0.25, -0.2) is 8.60 Å². The summed E-state index contributed by atoms with van der Waals surface area (Å²) in [6.45, 7) is 0. The van der Waals surface area contributed by atoms with Crippen molar-refractivity contribution in [1.29, 1.82) is 0 Å². The summed E-state index contributed by atoms with van der Waals surface area (Å²) in [6.07, 6.45) is 0. The maximum absolute atomic E-state index is 12.3. The van der Waals surface area contributed by atoms with Gasteiger partial charge in [0.25, 0.3) is 0 Å². The van der Waals surface area contributed by atoms with E-state index in [1.54, 1.807) is 0 Å². The van der Waals surface area contributed by atoms with E-state index in [4.69, 9.17) is 0 Å². The van der Waals surface area contributed by atoms with Crippen LogP contribution in [0.1, 0.15) is 0 Å². The molecule has 1 aromatic carbocycles. The summed E-state index contributed by atoms with van der Waals surface area (Å²) >= 11 is -0.469. The molecule has 0 saturated heterocycles. The average molecular weight is 184 g/mol. The van der Waals surface area contributed by atoms with Crippen molar-refractivity contribution in [3.8, 4) is 5.75 Å². The van der Waals surface area contributed by atoms with Crippen LogP contribution in [0.15, 0.2) is 24.3 Å². The zero-order valence-corrected chi connectivity index (χ0v) is 5.85. The molecule has 5 heteroatoms. The van der Waals surface area contributed by atoms with Crippen LogP contribution in [0.5, 0.6) is 5.75 Å². The van der Waals surface area contributed by atoms with Crippen molar-refractivity contribution in [1.82, 2.24) is 0 Å². The second-order valence-electron chi connectivity index (χ2n) is 1.62. The molecule has 0 atom stereocenters. The molecule has 0 spiro atoms. The molecule has 0 amide bonds. The van der Waals surface area contributed by atoms with Crippen LogP contribution in [-0.4, -0.2) is 33.8 Å². The van der Waals surface area contributed by atoms with Gasteiger partial charge in [-0.15, -0.1) is 0 Å². The molecule has 0 saturated carbocycles. The molecule has 56 valence electrons. The predicted octanol–water partition coefficient (Wildman–Crippen LogP) is 0.416. The molecule has 0 aliphatic heterocycles. The number of benzene rings is 1. The standard InChI is InChI=1S/C6H5FO2S.Na.H/c7-5-2-1-3-6(4-5)9-10-8;;/h1-4,10H;;. The van der Waals surface area contributed by atoms with Crippen molar-refractivity contribution in [2.75, 3.05) is 0 Å². The van der Waals surface area contributed by atoms with Gasteiger partial charge in [-0.2, -0.15) is 0 Å². The molecule has 11 heavy (non-hydrogen) atoms. The summed E-state index contributed by atoms with van der Waals surface area (Å²) in [4.78, 5) is 0. The van der Waals surface area contributed by atoms with Gasteiger partial charge in [0.1, 0.15) is 11.6 Å². The van der Waals surface area contributed by atoms with Gasteiger partial charge >= 0.3 is 29.6 Å². The normalized spacial score (nSPS) is 8.45. The molecule has 0 radical (unpaired) electrons. The molecule has 1 rings (SSSR count). The van der Waals surface area contributed by atoms with Gasteiger partial charge in [0.05, 0.1) is 0 Å². The monoisotopic (exact) mass is 184 g/mol. The van der Waals surface area contributed by atoms with Gasteiger partial charge in [-0.3, -0.25) is 0 Å². The molecule has 0 aliphatic rings. The third kappa shape index (κ3) is 3.86. The van der Waals surface area contributed by atoms with E-state index >= 15 is 0 Å². The van der Waals surface area contributed by atoms with Crippen LogP contribution in [0.3, 0.4) is 0 Å². The third-order valence-corrected chi connectivity index (χ3v) is 1.22. The second kappa shape index (κ2) is 5.71. The third-order valence-electron chi connectivity index (χ3n) is 0.939. The summed E-state index contributed by atoms with van der Waals surface area (Å²) in [5.41, 5.74) is 0. The first-order chi connectivity index (χ1) is 4.83. The number of rotatable bonds is 2. The van der Waals surface area contributed by atoms with Gasteiger partial charge in [0.15, 0.2) is 11.9 Å². The Morgan fingerprint density at radius 1 is 1.45 bits per heavy atom. The fourth-order valence-corrected chi connectivity index (χ4v) is 0.766. The summed E-state index contributed by atoms with van der Waals surface area (Å²) in [6, 6.07) is 5.45. The van der Waals surface area contributed by atoms with Gasteiger partial charge < -0.3 is 4.18 Å². The van der Waals surface area contributed by atoms with Crippen molar-refractivity contribution in [2.24, 2.45) is 0 Å². The minimum absolute atomic E-state index is 0. The van der Waals surface area contributed by atoms with Gasteiger partial charge in [-0.05, 0) is 12.1 Å². The van der Waals surface area contributed by atoms with Crippen molar-refractivity contribution < 1.29 is 12.8 Å². The molecule has 0 heterocycles. The molecule has 2 nitrogen and oxygen atoms in total. The maximum atomic E-state index is 12.3. The Hall–Kier alpha value is 0.100. The van der Waals surface area contributed by atoms with Crippen molar-refractivity contribution in [2.45, 2.75) is 0 Å². The average Bonchev–Trinajstić information content (AvgIpc) is 1.88. The zero-order valence-electron chi connectivity index (χ0n) is 4.95. The molecular weight excluding hydrogens is 178 g/mol. The molecule has 0 unspecified atom stereocenters. The summed E-state index contributed by atoms with van der Waals surface area (Å²) in [5, 5.41) is 0. The molecule has 0 bridgehead atoms. The second-order valence-corrected chi connectivity index (χ2v) is 1.95. The number of halogens is 1. The molecule has 1 aromatic rings. The van der Waals surface area contributed by atoms with E-state index in [0.29, 0.717) is 0 Å². The summed E-state index contributed by atoms with van der Waals surface area (Å²) in [7, 11) is 0. The topological polar surface area (TPSA) is 26.3 Å². The Labute approximate surface area is 89.7 Å². The van der Waals surface area contributed by atoms with E-state index < -0.39 is 17.8 Å². The van der Waals surface area contributed by atoms with E-state index in [-0.39, 0.29) is 35.3 Å². The van der Waals surface area contributed by atoms with Crippen LogP contribution in [0.4, 0.5) is 4.39 Å². The first-order valence-corrected chi connectivity index (χ1v) is 3.31. The summed E-state index contributed by atoms with van der Waals surface area (Å²) in [5.74, 6) is -0.141. The van der Waals surface area contributed by atoms with Crippen molar-refractivity contribution in [3.05, 3.63) is 30.1 Å².